The second-order valence-corrected chi connectivity index (χ2v) is 4.90. The van der Waals surface area contributed by atoms with Crippen LogP contribution in [0.2, 0.25) is 0 Å². The molecule has 1 saturated carbocycles. The Morgan fingerprint density at radius 2 is 2.21 bits per heavy atom. The maximum absolute atomic E-state index is 12.3. The SMILES string of the molecule is Cc1cccnc1C(=O)NC1(/C(N)=N/O)CCCC1. The van der Waals surface area contributed by atoms with E-state index in [1.165, 1.54) is 0 Å². The van der Waals surface area contributed by atoms with Crippen molar-refractivity contribution >= 4 is 11.7 Å². The van der Waals surface area contributed by atoms with Gasteiger partial charge in [0.25, 0.3) is 5.91 Å². The van der Waals surface area contributed by atoms with E-state index in [2.05, 4.69) is 15.5 Å². The van der Waals surface area contributed by atoms with Gasteiger partial charge in [0.1, 0.15) is 11.2 Å². The summed E-state index contributed by atoms with van der Waals surface area (Å²) in [4.78, 5) is 16.4. The third-order valence-corrected chi connectivity index (χ3v) is 3.63. The van der Waals surface area contributed by atoms with Crippen molar-refractivity contribution in [3.63, 3.8) is 0 Å². The van der Waals surface area contributed by atoms with E-state index in [4.69, 9.17) is 10.9 Å². The van der Waals surface area contributed by atoms with Crippen molar-refractivity contribution < 1.29 is 10.0 Å². The normalized spacial score (nSPS) is 18.3. The number of oxime groups is 1. The molecule has 0 saturated heterocycles. The fourth-order valence-corrected chi connectivity index (χ4v) is 2.52. The smallest absolute Gasteiger partial charge is 0.270 e. The zero-order chi connectivity index (χ0) is 13.9. The van der Waals surface area contributed by atoms with Crippen molar-refractivity contribution in [1.29, 1.82) is 0 Å². The first-order chi connectivity index (χ1) is 9.09. The molecular formula is C13H18N4O2. The molecule has 1 aliphatic carbocycles. The number of hydrogen-bond donors (Lipinski definition) is 3. The van der Waals surface area contributed by atoms with Crippen LogP contribution in [0.15, 0.2) is 23.5 Å². The van der Waals surface area contributed by atoms with E-state index in [-0.39, 0.29) is 11.7 Å². The first-order valence-electron chi connectivity index (χ1n) is 6.31. The molecule has 0 atom stereocenters. The number of nitrogens with two attached hydrogens (primary N) is 1. The molecule has 1 amide bonds. The van der Waals surface area contributed by atoms with E-state index >= 15 is 0 Å². The average molecular weight is 262 g/mol. The van der Waals surface area contributed by atoms with Crippen molar-refractivity contribution in [3.05, 3.63) is 29.6 Å². The number of pyridine rings is 1. The van der Waals surface area contributed by atoms with Crippen LogP contribution in [-0.2, 0) is 0 Å². The van der Waals surface area contributed by atoms with Crippen molar-refractivity contribution in [2.45, 2.75) is 38.1 Å². The zero-order valence-corrected chi connectivity index (χ0v) is 10.9. The molecule has 1 fully saturated rings. The standard InChI is InChI=1S/C13H18N4O2/c1-9-5-4-8-15-10(9)11(18)16-13(12(14)17-19)6-2-3-7-13/h4-5,8,19H,2-3,6-7H2,1H3,(H2,14,17)(H,16,18). The molecular weight excluding hydrogens is 244 g/mol. The Balaban J connectivity index is 2.24. The molecule has 0 spiro atoms. The second kappa shape index (κ2) is 5.26. The second-order valence-electron chi connectivity index (χ2n) is 4.90. The molecule has 0 unspecified atom stereocenters. The number of aromatic nitrogens is 1. The van der Waals surface area contributed by atoms with Crippen LogP contribution in [0.25, 0.3) is 0 Å². The van der Waals surface area contributed by atoms with Crippen LogP contribution in [-0.4, -0.2) is 27.5 Å². The fourth-order valence-electron chi connectivity index (χ4n) is 2.52. The van der Waals surface area contributed by atoms with E-state index in [0.29, 0.717) is 18.5 Å². The number of hydrogen-bond acceptors (Lipinski definition) is 4. The van der Waals surface area contributed by atoms with Gasteiger partial charge in [0.15, 0.2) is 5.84 Å². The van der Waals surface area contributed by atoms with Gasteiger partial charge in [-0.3, -0.25) is 9.78 Å². The van der Waals surface area contributed by atoms with Crippen LogP contribution in [0.3, 0.4) is 0 Å². The molecule has 0 bridgehead atoms. The number of amides is 1. The van der Waals surface area contributed by atoms with Gasteiger partial charge in [0.2, 0.25) is 0 Å². The first kappa shape index (κ1) is 13.3. The van der Waals surface area contributed by atoms with Gasteiger partial charge in [0.05, 0.1) is 0 Å². The topological polar surface area (TPSA) is 101 Å². The van der Waals surface area contributed by atoms with Crippen molar-refractivity contribution in [2.24, 2.45) is 10.9 Å². The molecule has 6 heteroatoms. The average Bonchev–Trinajstić information content (AvgIpc) is 2.88. The van der Waals surface area contributed by atoms with Gasteiger partial charge in [0, 0.05) is 6.20 Å². The Labute approximate surface area is 111 Å². The summed E-state index contributed by atoms with van der Waals surface area (Å²) in [5.41, 5.74) is 6.18. The van der Waals surface area contributed by atoms with E-state index in [9.17, 15) is 4.79 Å². The van der Waals surface area contributed by atoms with Gasteiger partial charge in [-0.15, -0.1) is 0 Å². The van der Waals surface area contributed by atoms with E-state index in [1.807, 2.05) is 13.0 Å². The number of nitrogens with zero attached hydrogens (tertiary/aromatic N) is 2. The number of amidine groups is 1. The molecule has 6 nitrogen and oxygen atoms in total. The first-order valence-corrected chi connectivity index (χ1v) is 6.31. The summed E-state index contributed by atoms with van der Waals surface area (Å²) < 4.78 is 0. The third-order valence-electron chi connectivity index (χ3n) is 3.63. The highest BCUT2D eigenvalue weighted by Gasteiger charge is 2.40. The van der Waals surface area contributed by atoms with Crippen molar-refractivity contribution in [3.8, 4) is 0 Å². The Bertz CT molecular complexity index is 507. The summed E-state index contributed by atoms with van der Waals surface area (Å²) in [6.45, 7) is 1.83. The quantitative estimate of drug-likeness (QED) is 0.329. The fraction of sp³-hybridized carbons (Fsp3) is 0.462. The summed E-state index contributed by atoms with van der Waals surface area (Å²) >= 11 is 0. The Kier molecular flexibility index (Phi) is 3.69. The maximum atomic E-state index is 12.3. The van der Waals surface area contributed by atoms with Gasteiger partial charge >= 0.3 is 0 Å². The van der Waals surface area contributed by atoms with Crippen molar-refractivity contribution in [1.82, 2.24) is 10.3 Å². The Morgan fingerprint density at radius 1 is 1.53 bits per heavy atom. The van der Waals surface area contributed by atoms with Crippen LogP contribution >= 0.6 is 0 Å². The molecule has 2 rings (SSSR count). The van der Waals surface area contributed by atoms with Crippen LogP contribution in [0.5, 0.6) is 0 Å². The van der Waals surface area contributed by atoms with Gasteiger partial charge < -0.3 is 16.3 Å². The molecule has 1 aliphatic rings. The number of carbonyl (C=O) groups excluding carboxylic acids is 1. The highest BCUT2D eigenvalue weighted by molar-refractivity contribution is 6.00. The lowest BCUT2D eigenvalue weighted by Crippen LogP contribution is -2.56. The summed E-state index contributed by atoms with van der Waals surface area (Å²) in [6, 6.07) is 3.60. The minimum Gasteiger partial charge on any atom is -0.409 e. The molecule has 1 heterocycles. The van der Waals surface area contributed by atoms with Crippen LogP contribution in [0.4, 0.5) is 0 Å². The van der Waals surface area contributed by atoms with Gasteiger partial charge in [-0.05, 0) is 31.4 Å². The lowest BCUT2D eigenvalue weighted by Gasteiger charge is -2.28. The summed E-state index contributed by atoms with van der Waals surface area (Å²) in [6.07, 6.45) is 4.82. The van der Waals surface area contributed by atoms with Crippen LogP contribution < -0.4 is 11.1 Å². The van der Waals surface area contributed by atoms with Crippen LogP contribution in [0.1, 0.15) is 41.7 Å². The Morgan fingerprint density at radius 3 is 2.79 bits per heavy atom. The zero-order valence-electron chi connectivity index (χ0n) is 10.9. The van der Waals surface area contributed by atoms with E-state index in [0.717, 1.165) is 18.4 Å². The maximum Gasteiger partial charge on any atom is 0.270 e. The molecule has 1 aromatic heterocycles. The third kappa shape index (κ3) is 2.52. The number of aryl methyl sites for hydroxylation is 1. The van der Waals surface area contributed by atoms with Gasteiger partial charge in [-0.1, -0.05) is 24.1 Å². The lowest BCUT2D eigenvalue weighted by molar-refractivity contribution is 0.0917. The van der Waals surface area contributed by atoms with Gasteiger partial charge in [-0.2, -0.15) is 0 Å². The lowest BCUT2D eigenvalue weighted by atomic mass is 9.95. The van der Waals surface area contributed by atoms with Crippen LogP contribution in [0, 0.1) is 6.92 Å². The monoisotopic (exact) mass is 262 g/mol. The molecule has 19 heavy (non-hydrogen) atoms. The summed E-state index contributed by atoms with van der Waals surface area (Å²) in [5.74, 6) is -0.224. The summed E-state index contributed by atoms with van der Waals surface area (Å²) in [7, 11) is 0. The highest BCUT2D eigenvalue weighted by atomic mass is 16.4. The molecule has 1 aromatic rings. The number of rotatable bonds is 3. The summed E-state index contributed by atoms with van der Waals surface area (Å²) in [5, 5.41) is 14.8. The minimum atomic E-state index is -0.740. The highest BCUT2D eigenvalue weighted by Crippen LogP contribution is 2.30. The molecule has 4 N–H and O–H groups in total. The molecule has 0 aromatic carbocycles. The largest absolute Gasteiger partial charge is 0.409 e. The minimum absolute atomic E-state index is 0.0620. The Hall–Kier alpha value is -2.11. The predicted octanol–water partition coefficient (Wildman–Crippen LogP) is 1.18. The number of carbonyl (C=O) groups is 1. The molecule has 0 radical (unpaired) electrons. The van der Waals surface area contributed by atoms with Crippen molar-refractivity contribution in [2.75, 3.05) is 0 Å². The number of nitrogens with one attached hydrogen (secondary N) is 1. The van der Waals surface area contributed by atoms with Gasteiger partial charge in [-0.25, -0.2) is 0 Å². The van der Waals surface area contributed by atoms with E-state index < -0.39 is 5.54 Å². The predicted molar refractivity (Wildman–Crippen MR) is 71.0 cm³/mol. The molecule has 0 aliphatic heterocycles. The van der Waals surface area contributed by atoms with E-state index in [1.54, 1.807) is 12.3 Å². The molecule has 102 valence electrons.